The van der Waals surface area contributed by atoms with Crippen molar-refractivity contribution in [1.82, 2.24) is 20.1 Å². The number of hydrogen-bond acceptors (Lipinski definition) is 6. The summed E-state index contributed by atoms with van der Waals surface area (Å²) in [5, 5.41) is 2.65. The molecular formula is C27H34FN5O3. The van der Waals surface area contributed by atoms with Gasteiger partial charge in [-0.2, -0.15) is 0 Å². The lowest BCUT2D eigenvalue weighted by atomic mass is 9.78. The Balaban J connectivity index is 1.23. The van der Waals surface area contributed by atoms with Crippen LogP contribution in [0.3, 0.4) is 0 Å². The van der Waals surface area contributed by atoms with Crippen molar-refractivity contribution < 1.29 is 18.7 Å². The molecule has 1 aromatic heterocycles. The van der Waals surface area contributed by atoms with E-state index in [-0.39, 0.29) is 23.2 Å². The SMILES string of the molecule is CCOC(=O)N1CC2(CC[C@@H](N3CCN(c4cc(F)cnc4-c4cccc(C(=O)NC)c4)CC3)C2)C1. The van der Waals surface area contributed by atoms with E-state index in [0.29, 0.717) is 23.9 Å². The van der Waals surface area contributed by atoms with Crippen LogP contribution in [0.2, 0.25) is 0 Å². The van der Waals surface area contributed by atoms with Crippen molar-refractivity contribution in [3.63, 3.8) is 0 Å². The molecule has 8 nitrogen and oxygen atoms in total. The number of carbonyl (C=O) groups is 2. The number of aromatic nitrogens is 1. The average Bonchev–Trinajstić information content (AvgIpc) is 3.34. The predicted molar refractivity (Wildman–Crippen MR) is 135 cm³/mol. The lowest BCUT2D eigenvalue weighted by molar-refractivity contribution is -0.00294. The molecule has 0 radical (unpaired) electrons. The molecule has 3 heterocycles. The summed E-state index contributed by atoms with van der Waals surface area (Å²) in [6.07, 6.45) is 4.45. The first kappa shape index (κ1) is 24.5. The number of halogens is 1. The fraction of sp³-hybridized carbons (Fsp3) is 0.519. The minimum atomic E-state index is -0.368. The summed E-state index contributed by atoms with van der Waals surface area (Å²) < 4.78 is 19.4. The summed E-state index contributed by atoms with van der Waals surface area (Å²) in [5.74, 6) is -0.534. The standard InChI is InChI=1S/C27H34FN5O3/c1-3-36-26(35)33-17-27(18-33)8-7-22(15-27)31-9-11-32(12-10-31)23-14-21(28)16-30-24(23)19-5-4-6-20(13-19)25(34)29-2/h4-6,13-14,16,22H,3,7-12,15,17-18H2,1-2H3,(H,29,34)/t22-/m1/s1. The van der Waals surface area contributed by atoms with Gasteiger partial charge in [0.1, 0.15) is 5.82 Å². The van der Waals surface area contributed by atoms with E-state index in [1.54, 1.807) is 25.2 Å². The minimum absolute atomic E-state index is 0.166. The quantitative estimate of drug-likeness (QED) is 0.685. The number of pyridine rings is 1. The Kier molecular flexibility index (Phi) is 6.83. The zero-order valence-electron chi connectivity index (χ0n) is 21.0. The van der Waals surface area contributed by atoms with Gasteiger partial charge in [0.15, 0.2) is 0 Å². The van der Waals surface area contributed by atoms with Gasteiger partial charge in [-0.05, 0) is 38.3 Å². The molecule has 36 heavy (non-hydrogen) atoms. The molecule has 2 amide bonds. The van der Waals surface area contributed by atoms with Gasteiger partial charge in [0, 0.05) is 75.0 Å². The van der Waals surface area contributed by atoms with Crippen LogP contribution < -0.4 is 10.2 Å². The normalized spacial score (nSPS) is 21.4. The molecular weight excluding hydrogens is 461 g/mol. The number of carbonyl (C=O) groups excluding carboxylic acids is 2. The van der Waals surface area contributed by atoms with E-state index < -0.39 is 0 Å². The first-order valence-corrected chi connectivity index (χ1v) is 12.8. The third-order valence-electron chi connectivity index (χ3n) is 7.89. The van der Waals surface area contributed by atoms with Crippen molar-refractivity contribution in [2.45, 2.75) is 32.2 Å². The van der Waals surface area contributed by atoms with Crippen LogP contribution in [-0.2, 0) is 4.74 Å². The molecule has 1 spiro atoms. The maximum atomic E-state index is 14.3. The van der Waals surface area contributed by atoms with E-state index in [1.807, 2.05) is 24.0 Å². The van der Waals surface area contributed by atoms with E-state index in [9.17, 15) is 14.0 Å². The van der Waals surface area contributed by atoms with Crippen molar-refractivity contribution in [3.05, 3.63) is 47.9 Å². The molecule has 1 aromatic carbocycles. The maximum Gasteiger partial charge on any atom is 0.409 e. The van der Waals surface area contributed by atoms with E-state index in [1.165, 1.54) is 6.20 Å². The van der Waals surface area contributed by atoms with Crippen LogP contribution in [-0.4, -0.2) is 85.7 Å². The molecule has 1 atom stereocenters. The van der Waals surface area contributed by atoms with E-state index in [4.69, 9.17) is 4.74 Å². The molecule has 0 bridgehead atoms. The number of benzene rings is 1. The van der Waals surface area contributed by atoms with Gasteiger partial charge in [-0.25, -0.2) is 9.18 Å². The number of rotatable bonds is 5. The molecule has 1 aliphatic carbocycles. The summed E-state index contributed by atoms with van der Waals surface area (Å²) in [7, 11) is 1.60. The topological polar surface area (TPSA) is 78.0 Å². The second kappa shape index (κ2) is 10.0. The monoisotopic (exact) mass is 495 g/mol. The number of piperazine rings is 1. The van der Waals surface area contributed by atoms with Gasteiger partial charge >= 0.3 is 6.09 Å². The number of nitrogens with one attached hydrogen (secondary N) is 1. The Labute approximate surface area is 211 Å². The van der Waals surface area contributed by atoms with Gasteiger partial charge in [-0.1, -0.05) is 12.1 Å². The van der Waals surface area contributed by atoms with Crippen LogP contribution in [0.15, 0.2) is 36.5 Å². The average molecular weight is 496 g/mol. The smallest absolute Gasteiger partial charge is 0.409 e. The molecule has 2 saturated heterocycles. The lowest BCUT2D eigenvalue weighted by Gasteiger charge is -2.48. The minimum Gasteiger partial charge on any atom is -0.450 e. The molecule has 1 saturated carbocycles. The lowest BCUT2D eigenvalue weighted by Crippen LogP contribution is -2.58. The number of amides is 2. The number of ether oxygens (including phenoxy) is 1. The van der Waals surface area contributed by atoms with Gasteiger partial charge in [-0.3, -0.25) is 14.7 Å². The zero-order valence-corrected chi connectivity index (χ0v) is 21.0. The van der Waals surface area contributed by atoms with Crippen LogP contribution in [0.5, 0.6) is 0 Å². The van der Waals surface area contributed by atoms with Crippen molar-refractivity contribution in [3.8, 4) is 11.3 Å². The van der Waals surface area contributed by atoms with Gasteiger partial charge in [0.05, 0.1) is 24.2 Å². The summed E-state index contributed by atoms with van der Waals surface area (Å²) >= 11 is 0. The Morgan fingerprint density at radius 2 is 1.97 bits per heavy atom. The largest absolute Gasteiger partial charge is 0.450 e. The van der Waals surface area contributed by atoms with Crippen LogP contribution in [0.4, 0.5) is 14.9 Å². The third-order valence-corrected chi connectivity index (χ3v) is 7.89. The van der Waals surface area contributed by atoms with Crippen LogP contribution in [0.1, 0.15) is 36.5 Å². The summed E-state index contributed by atoms with van der Waals surface area (Å²) in [6, 6.07) is 9.36. The van der Waals surface area contributed by atoms with Crippen LogP contribution in [0.25, 0.3) is 11.3 Å². The highest BCUT2D eigenvalue weighted by Crippen LogP contribution is 2.47. The third kappa shape index (κ3) is 4.76. The van der Waals surface area contributed by atoms with Crippen molar-refractivity contribution in [2.75, 3.05) is 57.8 Å². The Morgan fingerprint density at radius 3 is 2.69 bits per heavy atom. The highest BCUT2D eigenvalue weighted by molar-refractivity contribution is 5.95. The molecule has 192 valence electrons. The van der Waals surface area contributed by atoms with Gasteiger partial charge < -0.3 is 19.9 Å². The van der Waals surface area contributed by atoms with Crippen molar-refractivity contribution in [1.29, 1.82) is 0 Å². The highest BCUT2D eigenvalue weighted by atomic mass is 19.1. The maximum absolute atomic E-state index is 14.3. The number of anilines is 1. The molecule has 5 rings (SSSR count). The number of likely N-dealkylation sites (tertiary alicyclic amines) is 1. The number of nitrogens with zero attached hydrogens (tertiary/aromatic N) is 4. The molecule has 3 aliphatic rings. The molecule has 3 fully saturated rings. The Hall–Kier alpha value is -3.20. The van der Waals surface area contributed by atoms with Crippen LogP contribution in [0, 0.1) is 11.2 Å². The Morgan fingerprint density at radius 1 is 1.19 bits per heavy atom. The highest BCUT2D eigenvalue weighted by Gasteiger charge is 2.51. The first-order chi connectivity index (χ1) is 17.4. The van der Waals surface area contributed by atoms with Gasteiger partial charge in [0.25, 0.3) is 5.91 Å². The second-order valence-corrected chi connectivity index (χ2v) is 10.2. The zero-order chi connectivity index (χ0) is 25.3. The first-order valence-electron chi connectivity index (χ1n) is 12.8. The fourth-order valence-electron chi connectivity index (χ4n) is 6.06. The molecule has 2 aromatic rings. The predicted octanol–water partition coefficient (Wildman–Crippen LogP) is 3.38. The fourth-order valence-corrected chi connectivity index (χ4v) is 6.06. The summed E-state index contributed by atoms with van der Waals surface area (Å²) in [6.45, 7) is 7.22. The van der Waals surface area contributed by atoms with E-state index >= 15 is 0 Å². The van der Waals surface area contributed by atoms with E-state index in [2.05, 4.69) is 20.1 Å². The van der Waals surface area contributed by atoms with Gasteiger partial charge in [0.2, 0.25) is 0 Å². The molecule has 2 aliphatic heterocycles. The molecule has 0 unspecified atom stereocenters. The number of hydrogen-bond donors (Lipinski definition) is 1. The Bertz CT molecular complexity index is 1130. The summed E-state index contributed by atoms with van der Waals surface area (Å²) in [4.78, 5) is 35.1. The molecule has 1 N–H and O–H groups in total. The van der Waals surface area contributed by atoms with Crippen molar-refractivity contribution in [2.24, 2.45) is 5.41 Å². The van der Waals surface area contributed by atoms with E-state index in [0.717, 1.165) is 69.8 Å². The molecule has 9 heteroatoms. The second-order valence-electron chi connectivity index (χ2n) is 10.2. The van der Waals surface area contributed by atoms with Crippen LogP contribution >= 0.6 is 0 Å². The van der Waals surface area contributed by atoms with Crippen molar-refractivity contribution >= 4 is 17.7 Å². The summed E-state index contributed by atoms with van der Waals surface area (Å²) in [5.41, 5.74) is 3.02. The van der Waals surface area contributed by atoms with Gasteiger partial charge in [-0.15, -0.1) is 0 Å².